The van der Waals surface area contributed by atoms with Crippen LogP contribution in [0.4, 0.5) is 0 Å². The van der Waals surface area contributed by atoms with Gasteiger partial charge in [-0.15, -0.1) is 0 Å². The van der Waals surface area contributed by atoms with Gasteiger partial charge in [-0.2, -0.15) is 0 Å². The molecule has 0 saturated heterocycles. The summed E-state index contributed by atoms with van der Waals surface area (Å²) in [5, 5.41) is 10.3. The number of hydrogen-bond acceptors (Lipinski definition) is 2. The maximum Gasteiger partial charge on any atom is 0.231 e. The summed E-state index contributed by atoms with van der Waals surface area (Å²) >= 11 is 0. The largest absolute Gasteiger partial charge is 0.264 e. The molecule has 0 aromatic heterocycles. The fourth-order valence-corrected chi connectivity index (χ4v) is 0.931. The molecule has 0 spiro atoms. The van der Waals surface area contributed by atoms with Gasteiger partial charge in [0.2, 0.25) is 6.04 Å². The summed E-state index contributed by atoms with van der Waals surface area (Å²) in [4.78, 5) is 10.1. The summed E-state index contributed by atoms with van der Waals surface area (Å²) in [6.07, 6.45) is 7.41. The zero-order valence-electron chi connectivity index (χ0n) is 7.82. The molecule has 1 atom stereocenters. The fourth-order valence-electron chi connectivity index (χ4n) is 0.931. The Bertz CT molecular complexity index is 155. The van der Waals surface area contributed by atoms with E-state index >= 15 is 0 Å². The number of unbranched alkanes of at least 4 members (excludes halogenated alkanes) is 2. The third kappa shape index (κ3) is 4.88. The second-order valence-corrected chi connectivity index (χ2v) is 2.83. The van der Waals surface area contributed by atoms with Crippen molar-refractivity contribution in [2.45, 2.75) is 45.6 Å². The summed E-state index contributed by atoms with van der Waals surface area (Å²) in [5.41, 5.74) is 0. The molecule has 0 bridgehead atoms. The van der Waals surface area contributed by atoms with Gasteiger partial charge in [-0.25, -0.2) is 0 Å². The van der Waals surface area contributed by atoms with Crippen molar-refractivity contribution in [3.63, 3.8) is 0 Å². The maximum absolute atomic E-state index is 10.3. The molecule has 0 heterocycles. The standard InChI is InChI=1S/C9H17NO2/c1-3-5-6-7-8-9(4-2)10(11)12/h7-9H,3-6H2,1-2H3/b8-7+. The minimum atomic E-state index is -0.484. The second kappa shape index (κ2) is 6.83. The Morgan fingerprint density at radius 3 is 2.58 bits per heavy atom. The average Bonchev–Trinajstić information content (AvgIpc) is 2.04. The predicted molar refractivity (Wildman–Crippen MR) is 49.7 cm³/mol. The molecule has 3 nitrogen and oxygen atoms in total. The van der Waals surface area contributed by atoms with E-state index in [2.05, 4.69) is 6.92 Å². The molecule has 0 fully saturated rings. The summed E-state index contributed by atoms with van der Waals surface area (Å²) in [5.74, 6) is 0. The Kier molecular flexibility index (Phi) is 6.34. The van der Waals surface area contributed by atoms with E-state index in [1.165, 1.54) is 0 Å². The summed E-state index contributed by atoms with van der Waals surface area (Å²) in [7, 11) is 0. The van der Waals surface area contributed by atoms with E-state index in [1.54, 1.807) is 6.08 Å². The monoisotopic (exact) mass is 171 g/mol. The van der Waals surface area contributed by atoms with E-state index in [4.69, 9.17) is 0 Å². The van der Waals surface area contributed by atoms with Crippen LogP contribution >= 0.6 is 0 Å². The van der Waals surface area contributed by atoms with Crippen LogP contribution in [0.25, 0.3) is 0 Å². The second-order valence-electron chi connectivity index (χ2n) is 2.83. The molecular formula is C9H17NO2. The lowest BCUT2D eigenvalue weighted by molar-refractivity contribution is -0.509. The molecule has 0 aliphatic heterocycles. The third-order valence-corrected chi connectivity index (χ3v) is 1.77. The van der Waals surface area contributed by atoms with Gasteiger partial charge in [0.1, 0.15) is 0 Å². The Morgan fingerprint density at radius 1 is 1.50 bits per heavy atom. The quantitative estimate of drug-likeness (QED) is 0.267. The van der Waals surface area contributed by atoms with E-state index in [-0.39, 0.29) is 4.92 Å². The molecule has 0 rings (SSSR count). The number of nitrogens with zero attached hydrogens (tertiary/aromatic N) is 1. The van der Waals surface area contributed by atoms with Crippen molar-refractivity contribution in [3.8, 4) is 0 Å². The van der Waals surface area contributed by atoms with Gasteiger partial charge >= 0.3 is 0 Å². The lowest BCUT2D eigenvalue weighted by Gasteiger charge is -1.99. The minimum Gasteiger partial charge on any atom is -0.264 e. The molecule has 0 aromatic carbocycles. The highest BCUT2D eigenvalue weighted by Crippen LogP contribution is 2.01. The van der Waals surface area contributed by atoms with Crippen molar-refractivity contribution in [3.05, 3.63) is 22.3 Å². The van der Waals surface area contributed by atoms with Gasteiger partial charge in [0.05, 0.1) is 0 Å². The van der Waals surface area contributed by atoms with Crippen molar-refractivity contribution in [2.75, 3.05) is 0 Å². The zero-order valence-corrected chi connectivity index (χ0v) is 7.82. The van der Waals surface area contributed by atoms with E-state index in [0.29, 0.717) is 6.42 Å². The van der Waals surface area contributed by atoms with Crippen molar-refractivity contribution < 1.29 is 4.92 Å². The molecule has 12 heavy (non-hydrogen) atoms. The Morgan fingerprint density at radius 2 is 2.17 bits per heavy atom. The first-order chi connectivity index (χ1) is 5.72. The first kappa shape index (κ1) is 11.1. The van der Waals surface area contributed by atoms with E-state index < -0.39 is 6.04 Å². The van der Waals surface area contributed by atoms with Gasteiger partial charge in [-0.1, -0.05) is 32.8 Å². The molecule has 70 valence electrons. The van der Waals surface area contributed by atoms with E-state index in [1.807, 2.05) is 13.0 Å². The normalized spacial score (nSPS) is 13.5. The van der Waals surface area contributed by atoms with E-state index in [0.717, 1.165) is 19.3 Å². The van der Waals surface area contributed by atoms with Gasteiger partial charge in [-0.05, 0) is 12.5 Å². The highest BCUT2D eigenvalue weighted by molar-refractivity contribution is 4.88. The number of hydrogen-bond donors (Lipinski definition) is 0. The zero-order chi connectivity index (χ0) is 9.40. The van der Waals surface area contributed by atoms with Crippen LogP contribution in [0.15, 0.2) is 12.2 Å². The minimum absolute atomic E-state index is 0.234. The summed E-state index contributed by atoms with van der Waals surface area (Å²) < 4.78 is 0. The molecular weight excluding hydrogens is 154 g/mol. The molecule has 0 aromatic rings. The van der Waals surface area contributed by atoms with Crippen molar-refractivity contribution >= 4 is 0 Å². The molecule has 0 radical (unpaired) electrons. The maximum atomic E-state index is 10.3. The fraction of sp³-hybridized carbons (Fsp3) is 0.778. The van der Waals surface area contributed by atoms with Gasteiger partial charge < -0.3 is 0 Å². The lowest BCUT2D eigenvalue weighted by Crippen LogP contribution is -2.14. The van der Waals surface area contributed by atoms with Crippen molar-refractivity contribution in [1.82, 2.24) is 0 Å². The van der Waals surface area contributed by atoms with Crippen LogP contribution in [0.5, 0.6) is 0 Å². The van der Waals surface area contributed by atoms with Crippen LogP contribution in [-0.2, 0) is 0 Å². The number of rotatable bonds is 6. The first-order valence-corrected chi connectivity index (χ1v) is 4.52. The lowest BCUT2D eigenvalue weighted by atomic mass is 10.2. The highest BCUT2D eigenvalue weighted by atomic mass is 16.6. The molecule has 3 heteroatoms. The van der Waals surface area contributed by atoms with Gasteiger partial charge in [-0.3, -0.25) is 10.1 Å². The smallest absolute Gasteiger partial charge is 0.231 e. The van der Waals surface area contributed by atoms with Crippen LogP contribution in [0.1, 0.15) is 39.5 Å². The van der Waals surface area contributed by atoms with Gasteiger partial charge in [0, 0.05) is 11.3 Å². The van der Waals surface area contributed by atoms with Crippen LogP contribution in [-0.4, -0.2) is 11.0 Å². The van der Waals surface area contributed by atoms with Crippen molar-refractivity contribution in [2.24, 2.45) is 0 Å². The van der Waals surface area contributed by atoms with Gasteiger partial charge in [0.15, 0.2) is 0 Å². The van der Waals surface area contributed by atoms with Crippen LogP contribution in [0.2, 0.25) is 0 Å². The third-order valence-electron chi connectivity index (χ3n) is 1.77. The molecule has 0 amide bonds. The highest BCUT2D eigenvalue weighted by Gasteiger charge is 2.11. The average molecular weight is 171 g/mol. The SMILES string of the molecule is CCCC/C=C/C(CC)[N+](=O)[O-]. The molecule has 0 N–H and O–H groups in total. The Balaban J connectivity index is 3.69. The number of allylic oxidation sites excluding steroid dienone is 1. The van der Waals surface area contributed by atoms with Crippen LogP contribution in [0.3, 0.4) is 0 Å². The topological polar surface area (TPSA) is 43.1 Å². The first-order valence-electron chi connectivity index (χ1n) is 4.52. The Hall–Kier alpha value is -0.860. The molecule has 0 aliphatic carbocycles. The summed E-state index contributed by atoms with van der Waals surface area (Å²) in [6, 6.07) is -0.484. The van der Waals surface area contributed by atoms with E-state index in [9.17, 15) is 10.1 Å². The van der Waals surface area contributed by atoms with Crippen molar-refractivity contribution in [1.29, 1.82) is 0 Å². The predicted octanol–water partition coefficient (Wildman–Crippen LogP) is 2.79. The molecule has 0 saturated carbocycles. The summed E-state index contributed by atoms with van der Waals surface area (Å²) in [6.45, 7) is 3.94. The number of nitro groups is 1. The molecule has 0 aliphatic rings. The molecule has 1 unspecified atom stereocenters. The van der Waals surface area contributed by atoms with Gasteiger partial charge in [0.25, 0.3) is 0 Å². The van der Waals surface area contributed by atoms with Crippen LogP contribution in [0, 0.1) is 10.1 Å². The Labute approximate surface area is 73.6 Å². The van der Waals surface area contributed by atoms with Crippen LogP contribution < -0.4 is 0 Å².